The lowest BCUT2D eigenvalue weighted by molar-refractivity contribution is -0.150. The lowest BCUT2D eigenvalue weighted by Crippen LogP contribution is -2.21. The first-order valence-corrected chi connectivity index (χ1v) is 7.20. The summed E-state index contributed by atoms with van der Waals surface area (Å²) in [7, 11) is 0. The molecule has 0 aromatic carbocycles. The Morgan fingerprint density at radius 1 is 0.619 bits per heavy atom. The monoisotopic (exact) mass is 338 g/mol. The van der Waals surface area contributed by atoms with E-state index in [4.69, 9.17) is 52.9 Å². The van der Waals surface area contributed by atoms with Crippen molar-refractivity contribution in [1.29, 1.82) is 0 Å². The smallest absolute Gasteiger partial charge is 0.332 e. The summed E-state index contributed by atoms with van der Waals surface area (Å²) in [6.07, 6.45) is 0. The highest BCUT2D eigenvalue weighted by atomic mass is 32.1. The van der Waals surface area contributed by atoms with Crippen LogP contribution in [0, 0.1) is 0 Å². The van der Waals surface area contributed by atoms with Crippen molar-refractivity contribution < 1.29 is 33.2 Å². The van der Waals surface area contributed by atoms with Crippen LogP contribution in [-0.4, -0.2) is 75.5 Å². The SMILES string of the molecule is O=C1COCCOC(=S)COCCOC(=S)COCCO1. The van der Waals surface area contributed by atoms with Gasteiger partial charge in [0.05, 0.1) is 19.8 Å². The summed E-state index contributed by atoms with van der Waals surface area (Å²) in [6.45, 7) is 1.71. The van der Waals surface area contributed by atoms with Crippen LogP contribution in [0.2, 0.25) is 0 Å². The number of cyclic esters (lactones) is 1. The van der Waals surface area contributed by atoms with Gasteiger partial charge in [0.1, 0.15) is 39.6 Å². The number of carbonyl (C=O) groups excluding carboxylic acids is 1. The zero-order valence-electron chi connectivity index (χ0n) is 11.5. The van der Waals surface area contributed by atoms with Gasteiger partial charge < -0.3 is 28.4 Å². The van der Waals surface area contributed by atoms with E-state index in [9.17, 15) is 4.79 Å². The third-order valence-corrected chi connectivity index (χ3v) is 2.60. The van der Waals surface area contributed by atoms with Crippen molar-refractivity contribution in [3.63, 3.8) is 0 Å². The van der Waals surface area contributed by atoms with E-state index < -0.39 is 5.97 Å². The predicted molar refractivity (Wildman–Crippen MR) is 80.5 cm³/mol. The molecule has 0 aliphatic carbocycles. The number of hydrogen-bond donors (Lipinski definition) is 0. The van der Waals surface area contributed by atoms with Crippen LogP contribution in [0.15, 0.2) is 0 Å². The van der Waals surface area contributed by atoms with Crippen molar-refractivity contribution in [1.82, 2.24) is 0 Å². The van der Waals surface area contributed by atoms with Crippen LogP contribution in [0.1, 0.15) is 0 Å². The minimum absolute atomic E-state index is 0.133. The Balaban J connectivity index is 2.29. The van der Waals surface area contributed by atoms with Gasteiger partial charge in [-0.05, 0) is 24.4 Å². The lowest BCUT2D eigenvalue weighted by atomic mass is 10.6. The van der Waals surface area contributed by atoms with Gasteiger partial charge >= 0.3 is 5.97 Å². The van der Waals surface area contributed by atoms with E-state index in [2.05, 4.69) is 0 Å². The molecule has 0 aromatic heterocycles. The third-order valence-electron chi connectivity index (χ3n) is 2.13. The molecule has 1 fully saturated rings. The standard InChI is InChI=1S/C12H18O7S2/c13-10-7-14-2-5-18-12(21)9-16-3-6-19-11(20)8-15-1-4-17-10/h1-9H2. The molecule has 21 heavy (non-hydrogen) atoms. The van der Waals surface area contributed by atoms with E-state index in [1.165, 1.54) is 0 Å². The molecule has 9 heteroatoms. The van der Waals surface area contributed by atoms with Crippen molar-refractivity contribution in [2.24, 2.45) is 0 Å². The Labute approximate surface area is 133 Å². The average Bonchev–Trinajstić information content (AvgIpc) is 2.45. The number of carbonyl (C=O) groups is 1. The first kappa shape index (κ1) is 18.2. The fraction of sp³-hybridized carbons (Fsp3) is 0.750. The molecular formula is C12H18O7S2. The second kappa shape index (κ2) is 11.8. The summed E-state index contributed by atoms with van der Waals surface area (Å²) in [4.78, 5) is 11.3. The van der Waals surface area contributed by atoms with Gasteiger partial charge in [-0.3, -0.25) is 0 Å². The van der Waals surface area contributed by atoms with Crippen molar-refractivity contribution >= 4 is 40.5 Å². The van der Waals surface area contributed by atoms with Gasteiger partial charge in [0.25, 0.3) is 0 Å². The zero-order chi connectivity index (χ0) is 15.3. The Bertz CT molecular complexity index is 272. The minimum atomic E-state index is -0.468. The summed E-state index contributed by atoms with van der Waals surface area (Å²) in [5.41, 5.74) is 0. The maximum atomic E-state index is 11.3. The van der Waals surface area contributed by atoms with Gasteiger partial charge in [-0.25, -0.2) is 4.79 Å². The average molecular weight is 338 g/mol. The molecule has 0 saturated carbocycles. The molecule has 0 N–H and O–H groups in total. The fourth-order valence-corrected chi connectivity index (χ4v) is 1.57. The van der Waals surface area contributed by atoms with Gasteiger partial charge in [-0.2, -0.15) is 0 Å². The molecule has 1 saturated heterocycles. The highest BCUT2D eigenvalue weighted by Crippen LogP contribution is 1.91. The molecule has 120 valence electrons. The van der Waals surface area contributed by atoms with E-state index in [0.717, 1.165) is 0 Å². The van der Waals surface area contributed by atoms with E-state index in [1.54, 1.807) is 0 Å². The number of rotatable bonds is 0. The molecule has 0 unspecified atom stereocenters. The fourth-order valence-electron chi connectivity index (χ4n) is 1.23. The Morgan fingerprint density at radius 2 is 1.05 bits per heavy atom. The summed E-state index contributed by atoms with van der Waals surface area (Å²) < 4.78 is 30.8. The molecule has 1 aliphatic rings. The largest absolute Gasteiger partial charge is 0.482 e. The van der Waals surface area contributed by atoms with Crippen LogP contribution in [0.3, 0.4) is 0 Å². The quantitative estimate of drug-likeness (QED) is 0.457. The molecule has 0 aromatic rings. The topological polar surface area (TPSA) is 72.5 Å². The van der Waals surface area contributed by atoms with E-state index in [-0.39, 0.29) is 46.2 Å². The van der Waals surface area contributed by atoms with Gasteiger partial charge in [-0.1, -0.05) is 0 Å². The van der Waals surface area contributed by atoms with Crippen LogP contribution in [-0.2, 0) is 33.2 Å². The molecule has 1 heterocycles. The van der Waals surface area contributed by atoms with Crippen LogP contribution >= 0.6 is 24.4 Å². The Kier molecular flexibility index (Phi) is 10.2. The number of hydrogen-bond acceptors (Lipinski definition) is 9. The molecular weight excluding hydrogens is 320 g/mol. The second-order valence-corrected chi connectivity index (χ2v) is 4.73. The minimum Gasteiger partial charge on any atom is -0.482 e. The molecule has 0 radical (unpaired) electrons. The van der Waals surface area contributed by atoms with E-state index in [0.29, 0.717) is 23.3 Å². The van der Waals surface area contributed by atoms with Crippen LogP contribution < -0.4 is 0 Å². The summed E-state index contributed by atoms with van der Waals surface area (Å²) in [6, 6.07) is 0. The third kappa shape index (κ3) is 10.5. The first-order chi connectivity index (χ1) is 10.2. The molecule has 0 amide bonds. The van der Waals surface area contributed by atoms with Gasteiger partial charge in [-0.15, -0.1) is 0 Å². The van der Waals surface area contributed by atoms with Crippen LogP contribution in [0.25, 0.3) is 0 Å². The van der Waals surface area contributed by atoms with Crippen molar-refractivity contribution in [3.8, 4) is 0 Å². The maximum absolute atomic E-state index is 11.3. The normalized spacial score (nSPS) is 21.4. The van der Waals surface area contributed by atoms with Crippen molar-refractivity contribution in [2.75, 3.05) is 59.5 Å². The Hall–Kier alpha value is -0.870. The molecule has 0 spiro atoms. The molecule has 0 bridgehead atoms. The molecule has 1 rings (SSSR count). The first-order valence-electron chi connectivity index (χ1n) is 6.38. The van der Waals surface area contributed by atoms with E-state index in [1.807, 2.05) is 0 Å². The molecule has 7 nitrogen and oxygen atoms in total. The number of esters is 1. The van der Waals surface area contributed by atoms with Gasteiger partial charge in [0, 0.05) is 0 Å². The summed E-state index contributed by atoms with van der Waals surface area (Å²) in [5, 5.41) is 0.626. The highest BCUT2D eigenvalue weighted by Gasteiger charge is 2.05. The van der Waals surface area contributed by atoms with Gasteiger partial charge in [0.2, 0.25) is 0 Å². The van der Waals surface area contributed by atoms with Crippen molar-refractivity contribution in [3.05, 3.63) is 0 Å². The number of thiocarbonyl (C=S) groups is 2. The second-order valence-electron chi connectivity index (χ2n) is 3.82. The molecule has 1 aliphatic heterocycles. The van der Waals surface area contributed by atoms with Crippen LogP contribution in [0.5, 0.6) is 0 Å². The van der Waals surface area contributed by atoms with Crippen LogP contribution in [0.4, 0.5) is 0 Å². The summed E-state index contributed by atoms with van der Waals surface area (Å²) in [5.74, 6) is -0.468. The number of ether oxygens (including phenoxy) is 6. The predicted octanol–water partition coefficient (Wildman–Crippen LogP) is 0.281. The van der Waals surface area contributed by atoms with Gasteiger partial charge in [0.15, 0.2) is 10.1 Å². The molecule has 0 atom stereocenters. The van der Waals surface area contributed by atoms with E-state index >= 15 is 0 Å². The zero-order valence-corrected chi connectivity index (χ0v) is 13.2. The Morgan fingerprint density at radius 3 is 1.57 bits per heavy atom. The lowest BCUT2D eigenvalue weighted by Gasteiger charge is -2.11. The van der Waals surface area contributed by atoms with Crippen molar-refractivity contribution in [2.45, 2.75) is 0 Å². The summed E-state index contributed by atoms with van der Waals surface area (Å²) >= 11 is 9.90. The highest BCUT2D eigenvalue weighted by molar-refractivity contribution is 7.80. The maximum Gasteiger partial charge on any atom is 0.332 e.